The topological polar surface area (TPSA) is 66.5 Å². The highest BCUT2D eigenvalue weighted by Gasteiger charge is 2.23. The molecule has 0 radical (unpaired) electrons. The lowest BCUT2D eigenvalue weighted by molar-refractivity contribution is -0.121. The average Bonchev–Trinajstić information content (AvgIpc) is 2.61. The van der Waals surface area contributed by atoms with Crippen LogP contribution in [0.5, 0.6) is 0 Å². The van der Waals surface area contributed by atoms with Crippen LogP contribution >= 0.6 is 0 Å². The minimum Gasteiger partial charge on any atom is -0.351 e. The summed E-state index contributed by atoms with van der Waals surface area (Å²) in [5.74, 6) is -1.59. The normalized spacial score (nSPS) is 11.5. The third-order valence-electron chi connectivity index (χ3n) is 3.73. The number of benzene rings is 2. The van der Waals surface area contributed by atoms with Crippen molar-refractivity contribution in [1.82, 2.24) is 9.62 Å². The summed E-state index contributed by atoms with van der Waals surface area (Å²) >= 11 is 0. The van der Waals surface area contributed by atoms with Gasteiger partial charge in [-0.3, -0.25) is 4.79 Å². The van der Waals surface area contributed by atoms with Gasteiger partial charge in [-0.2, -0.15) is 4.31 Å². The first-order valence-corrected chi connectivity index (χ1v) is 9.64. The molecule has 0 unspecified atom stereocenters. The molecule has 0 aliphatic heterocycles. The fourth-order valence-electron chi connectivity index (χ4n) is 2.31. The van der Waals surface area contributed by atoms with E-state index in [1.165, 1.54) is 36.4 Å². The van der Waals surface area contributed by atoms with Crippen LogP contribution in [-0.2, 0) is 27.1 Å². The SMILES string of the molecule is CCN(CC(=O)NCc1ccc(F)cc1)S(=O)(=O)Cc1ccc(F)cc1. The van der Waals surface area contributed by atoms with Crippen LogP contribution in [-0.4, -0.2) is 31.7 Å². The maximum atomic E-state index is 12.9. The molecule has 26 heavy (non-hydrogen) atoms. The number of amides is 1. The molecule has 140 valence electrons. The van der Waals surface area contributed by atoms with Gasteiger partial charge in [-0.25, -0.2) is 17.2 Å². The second-order valence-electron chi connectivity index (χ2n) is 5.71. The molecule has 0 atom stereocenters. The number of likely N-dealkylation sites (N-methyl/N-ethyl adjacent to an activating group) is 1. The lowest BCUT2D eigenvalue weighted by Gasteiger charge is -2.20. The standard InChI is InChI=1S/C18H20F2N2O3S/c1-2-22(26(24,25)13-15-5-9-17(20)10-6-15)12-18(23)21-11-14-3-7-16(19)8-4-14/h3-10H,2,11-13H2,1H3,(H,21,23). The van der Waals surface area contributed by atoms with Crippen molar-refractivity contribution < 1.29 is 22.0 Å². The smallest absolute Gasteiger partial charge is 0.235 e. The summed E-state index contributed by atoms with van der Waals surface area (Å²) in [6.07, 6.45) is 0. The van der Waals surface area contributed by atoms with Crippen LogP contribution in [0.1, 0.15) is 18.1 Å². The molecule has 1 amide bonds. The molecular weight excluding hydrogens is 362 g/mol. The van der Waals surface area contributed by atoms with E-state index in [-0.39, 0.29) is 31.2 Å². The lowest BCUT2D eigenvalue weighted by Crippen LogP contribution is -2.40. The molecule has 5 nitrogen and oxygen atoms in total. The molecule has 0 fully saturated rings. The summed E-state index contributed by atoms with van der Waals surface area (Å²) in [4.78, 5) is 12.1. The van der Waals surface area contributed by atoms with E-state index in [9.17, 15) is 22.0 Å². The summed E-state index contributed by atoms with van der Waals surface area (Å²) in [7, 11) is -3.72. The molecule has 0 saturated heterocycles. The largest absolute Gasteiger partial charge is 0.351 e. The average molecular weight is 382 g/mol. The molecule has 0 aliphatic carbocycles. The highest BCUT2D eigenvalue weighted by Crippen LogP contribution is 2.12. The van der Waals surface area contributed by atoms with Crippen molar-refractivity contribution in [3.63, 3.8) is 0 Å². The zero-order valence-electron chi connectivity index (χ0n) is 14.3. The molecule has 2 aromatic carbocycles. The predicted octanol–water partition coefficient (Wildman–Crippen LogP) is 2.43. The van der Waals surface area contributed by atoms with Crippen LogP contribution in [0.4, 0.5) is 8.78 Å². The van der Waals surface area contributed by atoms with Gasteiger partial charge in [-0.1, -0.05) is 31.2 Å². The number of nitrogens with zero attached hydrogens (tertiary/aromatic N) is 1. The number of hydrogen-bond donors (Lipinski definition) is 1. The van der Waals surface area contributed by atoms with Crippen LogP contribution in [0, 0.1) is 11.6 Å². The van der Waals surface area contributed by atoms with Crippen molar-refractivity contribution in [2.45, 2.75) is 19.2 Å². The number of sulfonamides is 1. The number of hydrogen-bond acceptors (Lipinski definition) is 3. The Morgan fingerprint density at radius 1 is 0.962 bits per heavy atom. The Labute approximate surface area is 151 Å². The zero-order valence-corrected chi connectivity index (χ0v) is 15.1. The first-order valence-electron chi connectivity index (χ1n) is 8.03. The third-order valence-corrected chi connectivity index (χ3v) is 5.60. The molecule has 8 heteroatoms. The summed E-state index contributed by atoms with van der Waals surface area (Å²) in [6, 6.07) is 10.8. The summed E-state index contributed by atoms with van der Waals surface area (Å²) in [5.41, 5.74) is 1.15. The van der Waals surface area contributed by atoms with Gasteiger partial charge in [0.15, 0.2) is 0 Å². The van der Waals surface area contributed by atoms with Crippen molar-refractivity contribution in [3.8, 4) is 0 Å². The summed E-state index contributed by atoms with van der Waals surface area (Å²) in [6.45, 7) is 1.62. The molecular formula is C18H20F2N2O3S. The van der Waals surface area contributed by atoms with Crippen LogP contribution in [0.2, 0.25) is 0 Å². The second-order valence-corrected chi connectivity index (χ2v) is 7.68. The van der Waals surface area contributed by atoms with Gasteiger partial charge in [0.25, 0.3) is 0 Å². The highest BCUT2D eigenvalue weighted by atomic mass is 32.2. The van der Waals surface area contributed by atoms with Crippen molar-refractivity contribution >= 4 is 15.9 Å². The van der Waals surface area contributed by atoms with Crippen LogP contribution in [0.25, 0.3) is 0 Å². The number of nitrogens with one attached hydrogen (secondary N) is 1. The van der Waals surface area contributed by atoms with Gasteiger partial charge in [-0.05, 0) is 35.4 Å². The van der Waals surface area contributed by atoms with Crippen molar-refractivity contribution in [2.75, 3.05) is 13.1 Å². The zero-order chi connectivity index (χ0) is 19.2. The first-order chi connectivity index (χ1) is 12.3. The molecule has 0 bridgehead atoms. The van der Waals surface area contributed by atoms with E-state index in [1.807, 2.05) is 0 Å². The first kappa shape index (κ1) is 20.0. The minimum atomic E-state index is -3.72. The molecule has 1 N–H and O–H groups in total. The quantitative estimate of drug-likeness (QED) is 0.763. The maximum Gasteiger partial charge on any atom is 0.235 e. The molecule has 0 spiro atoms. The fraction of sp³-hybridized carbons (Fsp3) is 0.278. The molecule has 0 saturated carbocycles. The monoisotopic (exact) mass is 382 g/mol. The van der Waals surface area contributed by atoms with E-state index >= 15 is 0 Å². The van der Waals surface area contributed by atoms with Crippen LogP contribution in [0.3, 0.4) is 0 Å². The molecule has 0 aliphatic rings. The summed E-state index contributed by atoms with van der Waals surface area (Å²) in [5, 5.41) is 2.61. The Morgan fingerprint density at radius 3 is 1.96 bits per heavy atom. The minimum absolute atomic E-state index is 0.132. The number of carbonyl (C=O) groups excluding carboxylic acids is 1. The summed E-state index contributed by atoms with van der Waals surface area (Å²) < 4.78 is 51.8. The predicted molar refractivity (Wildman–Crippen MR) is 94.5 cm³/mol. The fourth-order valence-corrected chi connectivity index (χ4v) is 3.81. The molecule has 2 rings (SSSR count). The van der Waals surface area contributed by atoms with Gasteiger partial charge in [-0.15, -0.1) is 0 Å². The van der Waals surface area contributed by atoms with E-state index in [1.54, 1.807) is 19.1 Å². The van der Waals surface area contributed by atoms with Gasteiger partial charge in [0, 0.05) is 13.1 Å². The third kappa shape index (κ3) is 5.89. The van der Waals surface area contributed by atoms with Crippen LogP contribution in [0.15, 0.2) is 48.5 Å². The Kier molecular flexibility index (Phi) is 6.82. The Morgan fingerprint density at radius 2 is 1.46 bits per heavy atom. The molecule has 2 aromatic rings. The number of rotatable bonds is 8. The van der Waals surface area contributed by atoms with Crippen molar-refractivity contribution in [3.05, 3.63) is 71.3 Å². The Hall–Kier alpha value is -2.32. The van der Waals surface area contributed by atoms with Crippen LogP contribution < -0.4 is 5.32 Å². The number of carbonyl (C=O) groups is 1. The molecule has 0 aromatic heterocycles. The van der Waals surface area contributed by atoms with Gasteiger partial charge in [0.2, 0.25) is 15.9 Å². The molecule has 0 heterocycles. The van der Waals surface area contributed by atoms with E-state index in [0.29, 0.717) is 11.1 Å². The Bertz CT molecular complexity index is 838. The van der Waals surface area contributed by atoms with Crippen molar-refractivity contribution in [1.29, 1.82) is 0 Å². The van der Waals surface area contributed by atoms with Gasteiger partial charge >= 0.3 is 0 Å². The highest BCUT2D eigenvalue weighted by molar-refractivity contribution is 7.88. The lowest BCUT2D eigenvalue weighted by atomic mass is 10.2. The maximum absolute atomic E-state index is 12.9. The second kappa shape index (κ2) is 8.86. The van der Waals surface area contributed by atoms with Gasteiger partial charge in [0.1, 0.15) is 11.6 Å². The van der Waals surface area contributed by atoms with Gasteiger partial charge < -0.3 is 5.32 Å². The van der Waals surface area contributed by atoms with E-state index < -0.39 is 21.7 Å². The number of halogens is 2. The van der Waals surface area contributed by atoms with Crippen molar-refractivity contribution in [2.24, 2.45) is 0 Å². The van der Waals surface area contributed by atoms with Gasteiger partial charge in [0.05, 0.1) is 12.3 Å². The Balaban J connectivity index is 1.94. The van der Waals surface area contributed by atoms with E-state index in [2.05, 4.69) is 5.32 Å². The van der Waals surface area contributed by atoms with E-state index in [4.69, 9.17) is 0 Å². The van der Waals surface area contributed by atoms with E-state index in [0.717, 1.165) is 4.31 Å².